The third kappa shape index (κ3) is 5.74. The summed E-state index contributed by atoms with van der Waals surface area (Å²) in [4.78, 5) is 13.2. The number of aliphatic hydroxyl groups excluding tert-OH is 2. The highest BCUT2D eigenvalue weighted by atomic mass is 79.9. The van der Waals surface area contributed by atoms with E-state index in [-0.39, 0.29) is 11.7 Å². The summed E-state index contributed by atoms with van der Waals surface area (Å²) < 4.78 is 27.9. The van der Waals surface area contributed by atoms with Crippen molar-refractivity contribution in [1.29, 1.82) is 0 Å². The molecule has 1 aliphatic heterocycles. The van der Waals surface area contributed by atoms with Gasteiger partial charge >= 0.3 is 0 Å². The first-order chi connectivity index (χ1) is 17.4. The zero-order chi connectivity index (χ0) is 25.8. The molecule has 0 radical (unpaired) electrons. The summed E-state index contributed by atoms with van der Waals surface area (Å²) in [5, 5.41) is 36.1. The molecule has 36 heavy (non-hydrogen) atoms. The number of nitrogens with one attached hydrogen (secondary N) is 1. The molecule has 5 atom stereocenters. The number of methoxy groups -OCH3 is 1. The SMILES string of the molecule is COC1[C@@H](Sc2cc(Br)ccc2C(=O)NCCF)OC(CO)[C@H](O)[C@@H]1n1cc(-n2ccc(Cl)n2)nn1. The Morgan fingerprint density at radius 1 is 1.42 bits per heavy atom. The summed E-state index contributed by atoms with van der Waals surface area (Å²) >= 11 is 10.5. The van der Waals surface area contributed by atoms with Crippen LogP contribution in [0.15, 0.2) is 46.0 Å². The molecule has 11 nitrogen and oxygen atoms in total. The van der Waals surface area contributed by atoms with Crippen LogP contribution in [0.1, 0.15) is 16.4 Å². The fourth-order valence-electron chi connectivity index (χ4n) is 3.82. The number of nitrogens with zero attached hydrogens (tertiary/aromatic N) is 5. The van der Waals surface area contributed by atoms with Gasteiger partial charge in [0.05, 0.1) is 18.4 Å². The minimum absolute atomic E-state index is 0.115. The van der Waals surface area contributed by atoms with Crippen molar-refractivity contribution in [3.63, 3.8) is 0 Å². The van der Waals surface area contributed by atoms with Crippen molar-refractivity contribution < 1.29 is 28.9 Å². The van der Waals surface area contributed by atoms with Crippen LogP contribution in [-0.4, -0.2) is 91.6 Å². The first kappa shape index (κ1) is 27.0. The maximum atomic E-state index is 12.6. The molecule has 2 unspecified atom stereocenters. The highest BCUT2D eigenvalue weighted by Crippen LogP contribution is 2.41. The molecule has 3 heterocycles. The lowest BCUT2D eigenvalue weighted by molar-refractivity contribution is -0.186. The van der Waals surface area contributed by atoms with E-state index in [0.717, 1.165) is 0 Å². The maximum Gasteiger partial charge on any atom is 0.252 e. The van der Waals surface area contributed by atoms with E-state index in [4.69, 9.17) is 21.1 Å². The van der Waals surface area contributed by atoms with Gasteiger partial charge in [-0.1, -0.05) is 44.5 Å². The van der Waals surface area contributed by atoms with Gasteiger partial charge in [0, 0.05) is 29.2 Å². The molecule has 3 N–H and O–H groups in total. The molecule has 1 aliphatic rings. The Hall–Kier alpha value is -2.07. The second kappa shape index (κ2) is 12.0. The first-order valence-corrected chi connectivity index (χ1v) is 12.8. The highest BCUT2D eigenvalue weighted by molar-refractivity contribution is 9.10. The molecule has 1 saturated heterocycles. The number of hydrogen-bond donors (Lipinski definition) is 3. The van der Waals surface area contributed by atoms with E-state index < -0.39 is 49.0 Å². The number of aliphatic hydroxyl groups is 2. The summed E-state index contributed by atoms with van der Waals surface area (Å²) in [7, 11) is 1.46. The number of thioether (sulfide) groups is 1. The first-order valence-electron chi connectivity index (χ1n) is 10.8. The van der Waals surface area contributed by atoms with Gasteiger partial charge in [-0.15, -0.1) is 5.10 Å². The van der Waals surface area contributed by atoms with E-state index in [1.165, 1.54) is 28.2 Å². The van der Waals surface area contributed by atoms with Crippen LogP contribution in [0.5, 0.6) is 0 Å². The molecule has 194 valence electrons. The van der Waals surface area contributed by atoms with Crippen molar-refractivity contribution >= 4 is 45.2 Å². The van der Waals surface area contributed by atoms with E-state index in [0.29, 0.717) is 20.7 Å². The molecule has 0 saturated carbocycles. The molecule has 1 aromatic carbocycles. The van der Waals surface area contributed by atoms with Gasteiger partial charge in [0.15, 0.2) is 11.0 Å². The number of ether oxygens (including phenoxy) is 2. The summed E-state index contributed by atoms with van der Waals surface area (Å²) in [6, 6.07) is 5.83. The number of carbonyl (C=O) groups excluding carboxylic acids is 1. The summed E-state index contributed by atoms with van der Waals surface area (Å²) in [5.41, 5.74) is -0.453. The number of halogens is 3. The summed E-state index contributed by atoms with van der Waals surface area (Å²) in [6.45, 7) is -1.27. The number of alkyl halides is 1. The largest absolute Gasteiger partial charge is 0.394 e. The Bertz CT molecular complexity index is 1200. The number of hydrogen-bond acceptors (Lipinski definition) is 9. The van der Waals surface area contributed by atoms with E-state index in [2.05, 4.69) is 36.7 Å². The molecule has 3 aromatic rings. The molecule has 0 bridgehead atoms. The van der Waals surface area contributed by atoms with Crippen LogP contribution in [0.2, 0.25) is 5.15 Å². The molecular weight excluding hydrogens is 583 g/mol. The molecule has 1 amide bonds. The number of aromatic nitrogens is 5. The van der Waals surface area contributed by atoms with Gasteiger partial charge in [-0.05, 0) is 24.3 Å². The fraction of sp³-hybridized carbons (Fsp3) is 0.429. The molecule has 4 rings (SSSR count). The van der Waals surface area contributed by atoms with Crippen LogP contribution in [0.25, 0.3) is 5.82 Å². The molecule has 1 fully saturated rings. The van der Waals surface area contributed by atoms with Crippen molar-refractivity contribution in [1.82, 2.24) is 30.1 Å². The van der Waals surface area contributed by atoms with Gasteiger partial charge in [-0.25, -0.2) is 13.8 Å². The Morgan fingerprint density at radius 2 is 2.22 bits per heavy atom. The topological polar surface area (TPSA) is 137 Å². The lowest BCUT2D eigenvalue weighted by Crippen LogP contribution is -2.55. The summed E-state index contributed by atoms with van der Waals surface area (Å²) in [5.74, 6) is -0.0828. The Morgan fingerprint density at radius 3 is 2.89 bits per heavy atom. The molecule has 0 spiro atoms. The van der Waals surface area contributed by atoms with Crippen LogP contribution in [0, 0.1) is 0 Å². The van der Waals surface area contributed by atoms with Crippen molar-refractivity contribution in [2.24, 2.45) is 0 Å². The Kier molecular flexibility index (Phi) is 8.98. The Labute approximate surface area is 223 Å². The van der Waals surface area contributed by atoms with Crippen LogP contribution in [0.4, 0.5) is 4.39 Å². The molecule has 2 aromatic heterocycles. The zero-order valence-electron chi connectivity index (χ0n) is 18.9. The predicted molar refractivity (Wildman–Crippen MR) is 132 cm³/mol. The summed E-state index contributed by atoms with van der Waals surface area (Å²) in [6.07, 6.45) is 0.246. The minimum Gasteiger partial charge on any atom is -0.394 e. The van der Waals surface area contributed by atoms with E-state index in [1.807, 2.05) is 0 Å². The lowest BCUT2D eigenvalue weighted by Gasteiger charge is -2.43. The number of benzene rings is 1. The third-order valence-corrected chi connectivity index (χ3v) is 7.40. The minimum atomic E-state index is -1.19. The van der Waals surface area contributed by atoms with E-state index >= 15 is 0 Å². The fourth-order valence-corrected chi connectivity index (χ4v) is 5.81. The Balaban J connectivity index is 1.66. The average Bonchev–Trinajstić information content (AvgIpc) is 3.52. The van der Waals surface area contributed by atoms with Gasteiger partial charge in [-0.3, -0.25) is 4.79 Å². The van der Waals surface area contributed by atoms with Crippen molar-refractivity contribution in [2.75, 3.05) is 26.9 Å². The lowest BCUT2D eigenvalue weighted by atomic mass is 9.97. The predicted octanol–water partition coefficient (Wildman–Crippen LogP) is 2.01. The smallest absolute Gasteiger partial charge is 0.252 e. The zero-order valence-corrected chi connectivity index (χ0v) is 22.0. The monoisotopic (exact) mass is 604 g/mol. The molecule has 0 aliphatic carbocycles. The van der Waals surface area contributed by atoms with Crippen LogP contribution in [-0.2, 0) is 9.47 Å². The highest BCUT2D eigenvalue weighted by Gasteiger charge is 2.47. The van der Waals surface area contributed by atoms with Gasteiger partial charge < -0.3 is 25.0 Å². The van der Waals surface area contributed by atoms with Crippen LogP contribution in [0.3, 0.4) is 0 Å². The molecular formula is C21H23BrClFN6O5S. The third-order valence-electron chi connectivity index (χ3n) is 5.50. The van der Waals surface area contributed by atoms with Crippen molar-refractivity contribution in [2.45, 2.75) is 34.7 Å². The second-order valence-corrected chi connectivity index (χ2v) is 10.2. The van der Waals surface area contributed by atoms with Crippen LogP contribution >= 0.6 is 39.3 Å². The maximum absolute atomic E-state index is 12.6. The quantitative estimate of drug-likeness (QED) is 0.335. The van der Waals surface area contributed by atoms with Crippen LogP contribution < -0.4 is 5.32 Å². The van der Waals surface area contributed by atoms with Gasteiger partial charge in [-0.2, -0.15) is 5.10 Å². The number of rotatable bonds is 9. The second-order valence-electron chi connectivity index (χ2n) is 7.75. The average molecular weight is 606 g/mol. The van der Waals surface area contributed by atoms with Gasteiger partial charge in [0.25, 0.3) is 5.91 Å². The number of carbonyl (C=O) groups is 1. The van der Waals surface area contributed by atoms with Crippen molar-refractivity contribution in [3.05, 3.63) is 51.8 Å². The van der Waals surface area contributed by atoms with Gasteiger partial charge in [0.1, 0.15) is 36.5 Å². The van der Waals surface area contributed by atoms with Crippen molar-refractivity contribution in [3.8, 4) is 5.82 Å². The number of amides is 1. The normalized spacial score (nSPS) is 24.1. The van der Waals surface area contributed by atoms with Gasteiger partial charge in [0.2, 0.25) is 0 Å². The van der Waals surface area contributed by atoms with E-state index in [9.17, 15) is 19.4 Å². The molecule has 15 heteroatoms. The standard InChI is InChI=1S/C21H23BrClFN6O5S/c1-34-19-17(30-9-16(26-28-30)29-7-4-15(23)27-29)18(32)13(10-31)35-21(19)36-14-8-11(22)2-3-12(14)20(33)25-6-5-24/h2-4,7-9,13,17-19,21,31-32H,5-6,10H2,1H3,(H,25,33)/t13?,17-,18-,19?,21+/m0/s1. The van der Waals surface area contributed by atoms with E-state index in [1.54, 1.807) is 36.7 Å².